The van der Waals surface area contributed by atoms with Gasteiger partial charge in [-0.15, -0.1) is 11.8 Å². The molecule has 8 atom stereocenters. The van der Waals surface area contributed by atoms with Crippen LogP contribution in [0.2, 0.25) is 36.3 Å². The molecule has 41 heavy (non-hydrogen) atoms. The van der Waals surface area contributed by atoms with Gasteiger partial charge in [-0.2, -0.15) is 0 Å². The van der Waals surface area contributed by atoms with Crippen molar-refractivity contribution in [3.63, 3.8) is 0 Å². The van der Waals surface area contributed by atoms with Crippen LogP contribution in [0, 0.1) is 0 Å². The number of hydrogen-bond donors (Lipinski definition) is 3. The highest BCUT2D eigenvalue weighted by molar-refractivity contribution is 8.00. The van der Waals surface area contributed by atoms with E-state index >= 15 is 0 Å². The summed E-state index contributed by atoms with van der Waals surface area (Å²) in [4.78, 5) is 1.06. The van der Waals surface area contributed by atoms with Crippen molar-refractivity contribution in [2.24, 2.45) is 0 Å². The molecule has 1 aromatic rings. The van der Waals surface area contributed by atoms with E-state index in [0.717, 1.165) is 4.90 Å². The first-order valence-corrected chi connectivity index (χ1v) is 21.5. The van der Waals surface area contributed by atoms with Gasteiger partial charge in [-0.05, 0) is 48.4 Å². The molecule has 3 fully saturated rings. The molecule has 0 saturated carbocycles. The Hall–Kier alpha value is -0.316. The van der Waals surface area contributed by atoms with Gasteiger partial charge >= 0.3 is 0 Å². The van der Waals surface area contributed by atoms with Crippen LogP contribution in [0.1, 0.15) is 41.5 Å². The topological polar surface area (TPSA) is 110 Å². The minimum absolute atomic E-state index is 0.0169. The third-order valence-corrected chi connectivity index (χ3v) is 19.5. The van der Waals surface area contributed by atoms with E-state index in [2.05, 4.69) is 67.7 Å². The normalized spacial score (nSPS) is 32.5. The summed E-state index contributed by atoms with van der Waals surface area (Å²) < 4.78 is 28.9. The van der Waals surface area contributed by atoms with Crippen molar-refractivity contribution in [1.82, 2.24) is 0 Å². The van der Waals surface area contributed by atoms with Crippen LogP contribution in [0.5, 0.6) is 0 Å². The summed E-state index contributed by atoms with van der Waals surface area (Å²) in [6.45, 7) is 23.7. The fourth-order valence-electron chi connectivity index (χ4n) is 4.06. The zero-order valence-corrected chi connectivity index (χ0v) is 29.4. The van der Waals surface area contributed by atoms with Crippen molar-refractivity contribution in [3.05, 3.63) is 30.3 Å². The van der Waals surface area contributed by atoms with Gasteiger partial charge < -0.3 is 38.4 Å². The number of thioether (sulfide) groups is 1. The van der Waals surface area contributed by atoms with Crippen molar-refractivity contribution in [3.8, 4) is 0 Å². The molecule has 3 aliphatic rings. The summed E-state index contributed by atoms with van der Waals surface area (Å²) in [5.74, 6) is 0. The second-order valence-electron chi connectivity index (χ2n) is 14.5. The molecule has 0 aliphatic carbocycles. The van der Waals surface area contributed by atoms with Crippen molar-refractivity contribution >= 4 is 28.4 Å². The minimum atomic E-state index is -1.90. The molecule has 4 rings (SSSR count). The molecule has 1 aromatic carbocycles. The lowest BCUT2D eigenvalue weighted by molar-refractivity contribution is -0.142. The number of benzene rings is 1. The van der Waals surface area contributed by atoms with E-state index in [9.17, 15) is 15.3 Å². The monoisotopic (exact) mass is 630 g/mol. The molecule has 3 aliphatic heterocycles. The molecule has 236 valence electrons. The van der Waals surface area contributed by atoms with Gasteiger partial charge in [-0.1, -0.05) is 59.7 Å². The van der Waals surface area contributed by atoms with E-state index in [1.165, 1.54) is 11.8 Å². The largest absolute Gasteiger partial charge is 0.414 e. The smallest absolute Gasteiger partial charge is 0.192 e. The molecule has 3 heterocycles. The van der Waals surface area contributed by atoms with Crippen molar-refractivity contribution in [2.75, 3.05) is 26.4 Å². The lowest BCUT2D eigenvalue weighted by atomic mass is 10.0. The van der Waals surface area contributed by atoms with Gasteiger partial charge in [0.2, 0.25) is 0 Å². The van der Waals surface area contributed by atoms with Crippen molar-refractivity contribution in [2.45, 2.75) is 131 Å². The zero-order valence-electron chi connectivity index (χ0n) is 26.6. The molecule has 0 bridgehead atoms. The van der Waals surface area contributed by atoms with Crippen LogP contribution in [0.15, 0.2) is 35.2 Å². The predicted octanol–water partition coefficient (Wildman–Crippen LogP) is 4.83. The first-order valence-electron chi connectivity index (χ1n) is 14.8. The fourth-order valence-corrected chi connectivity index (χ4v) is 7.20. The number of aliphatic hydroxyl groups is 3. The zero-order chi connectivity index (χ0) is 30.8. The molecule has 3 saturated heterocycles. The first kappa shape index (κ1) is 35.2. The quantitative estimate of drug-likeness (QED) is 0.275. The van der Waals surface area contributed by atoms with E-state index in [1.807, 2.05) is 30.3 Å². The maximum atomic E-state index is 10.5. The van der Waals surface area contributed by atoms with E-state index < -0.39 is 41.1 Å². The van der Waals surface area contributed by atoms with Gasteiger partial charge in [0.25, 0.3) is 0 Å². The Morgan fingerprint density at radius 1 is 0.756 bits per heavy atom. The van der Waals surface area contributed by atoms with E-state index in [1.54, 1.807) is 0 Å². The average Bonchev–Trinajstić information content (AvgIpc) is 3.67. The third kappa shape index (κ3) is 9.34. The van der Waals surface area contributed by atoms with Crippen LogP contribution >= 0.6 is 11.8 Å². The Kier molecular flexibility index (Phi) is 11.8. The standard InChI is InChI=1S/C18H30O4SSi.C12H24O4Si/c1-18(2,3)24(4,5)22-11-14-16(19)17(20)15(12-21-14)23-13-9-7-6-8-10-13;1-12(2,3)17(4,5)15-7-8-10(13)11-9(16-11)6-14-8/h6-10,14-17,19-20H,11-12H2,1-5H3;8-11,13H,6-7H2,1-5H3/t14-,15-,16-,17+;8-,9+,10-,11+/m00/s1. The van der Waals surface area contributed by atoms with Gasteiger partial charge in [0.05, 0.1) is 37.8 Å². The molecule has 0 aromatic heterocycles. The lowest BCUT2D eigenvalue weighted by Gasteiger charge is -2.41. The summed E-state index contributed by atoms with van der Waals surface area (Å²) >= 11 is 1.54. The van der Waals surface area contributed by atoms with Crippen molar-refractivity contribution < 1.29 is 38.4 Å². The van der Waals surface area contributed by atoms with Crippen LogP contribution in [-0.2, 0) is 23.1 Å². The van der Waals surface area contributed by atoms with Gasteiger partial charge in [-0.3, -0.25) is 0 Å². The van der Waals surface area contributed by atoms with Crippen LogP contribution in [-0.4, -0.2) is 106 Å². The Balaban J connectivity index is 0.000000239. The molecule has 11 heteroatoms. The van der Waals surface area contributed by atoms with Gasteiger partial charge in [0, 0.05) is 4.90 Å². The minimum Gasteiger partial charge on any atom is -0.414 e. The van der Waals surface area contributed by atoms with Crippen LogP contribution in [0.4, 0.5) is 0 Å². The first-order chi connectivity index (χ1) is 18.8. The molecule has 3 N–H and O–H groups in total. The van der Waals surface area contributed by atoms with Crippen LogP contribution in [0.25, 0.3) is 0 Å². The molecule has 0 spiro atoms. The Morgan fingerprint density at radius 3 is 1.76 bits per heavy atom. The summed E-state index contributed by atoms with van der Waals surface area (Å²) in [6, 6.07) is 9.88. The number of ether oxygens (including phenoxy) is 3. The number of rotatable bonds is 8. The third-order valence-electron chi connectivity index (χ3n) is 9.26. The summed E-state index contributed by atoms with van der Waals surface area (Å²) in [6.07, 6.45) is -2.87. The number of fused-ring (bicyclic) bond motifs is 1. The van der Waals surface area contributed by atoms with Gasteiger partial charge in [0.1, 0.15) is 36.6 Å². The molecular formula is C30H54O8SSi2. The Morgan fingerprint density at radius 2 is 1.24 bits per heavy atom. The van der Waals surface area contributed by atoms with Crippen LogP contribution in [0.3, 0.4) is 0 Å². The summed E-state index contributed by atoms with van der Waals surface area (Å²) in [7, 11) is -3.66. The lowest BCUT2D eigenvalue weighted by Crippen LogP contribution is -2.54. The van der Waals surface area contributed by atoms with Gasteiger partial charge in [-0.25, -0.2) is 0 Å². The SMILES string of the molecule is CC(C)(C)[Si](C)(C)OC[C@@H]1OC[C@H](Sc2ccccc2)[C@@H](O)[C@H]1O.CC(C)(C)[Si](C)(C)OC[C@@H]1OC[C@H]2O[C@H]2[C@H]1O. The number of hydrogen-bond acceptors (Lipinski definition) is 9. The summed E-state index contributed by atoms with van der Waals surface area (Å²) in [5, 5.41) is 31.0. The summed E-state index contributed by atoms with van der Waals surface area (Å²) in [5.41, 5.74) is 0. The number of aliphatic hydroxyl groups excluding tert-OH is 3. The molecular weight excluding hydrogens is 577 g/mol. The Bertz CT molecular complexity index is 952. The highest BCUT2D eigenvalue weighted by atomic mass is 32.2. The average molecular weight is 631 g/mol. The maximum Gasteiger partial charge on any atom is 0.192 e. The van der Waals surface area contributed by atoms with Crippen molar-refractivity contribution in [1.29, 1.82) is 0 Å². The predicted molar refractivity (Wildman–Crippen MR) is 169 cm³/mol. The Labute approximate surface area is 253 Å². The second-order valence-corrected chi connectivity index (χ2v) is 25.4. The van der Waals surface area contributed by atoms with Gasteiger partial charge in [0.15, 0.2) is 16.6 Å². The van der Waals surface area contributed by atoms with Crippen LogP contribution < -0.4 is 0 Å². The highest BCUT2D eigenvalue weighted by Gasteiger charge is 2.52. The molecule has 8 nitrogen and oxygen atoms in total. The van der Waals surface area contributed by atoms with E-state index in [4.69, 9.17) is 23.1 Å². The number of epoxide rings is 1. The van der Waals surface area contributed by atoms with E-state index in [-0.39, 0.29) is 33.6 Å². The maximum absolute atomic E-state index is 10.5. The fraction of sp³-hybridized carbons (Fsp3) is 0.800. The molecule has 0 unspecified atom stereocenters. The van der Waals surface area contributed by atoms with E-state index in [0.29, 0.717) is 26.4 Å². The second kappa shape index (κ2) is 13.8. The molecule has 0 radical (unpaired) electrons. The highest BCUT2D eigenvalue weighted by Crippen LogP contribution is 2.39. The molecule has 0 amide bonds.